The van der Waals surface area contributed by atoms with Crippen molar-refractivity contribution >= 4 is 17.9 Å². The molecule has 6 heteroatoms. The van der Waals surface area contributed by atoms with E-state index in [1.807, 2.05) is 27.7 Å². The highest BCUT2D eigenvalue weighted by Crippen LogP contribution is 2.30. The lowest BCUT2D eigenvalue weighted by atomic mass is 9.81. The normalized spacial score (nSPS) is 13.0. The standard InChI is InChI=1S/C18H32O6/c1-12(2)16(18(5,6)11-23-17(22)13(3)4)24-15(21)10-8-7-9-14(19)20/h12-13,16H,7-11H2,1-6H3,(H,19,20). The molecule has 1 atom stereocenters. The fourth-order valence-corrected chi connectivity index (χ4v) is 2.45. The SMILES string of the molecule is CC(C)C(=O)OCC(C)(C)C(OC(=O)CCCCC(=O)O)C(C)C. The summed E-state index contributed by atoms with van der Waals surface area (Å²) in [6.07, 6.45) is 0.797. The molecule has 0 radical (unpaired) electrons. The minimum atomic E-state index is -0.864. The summed E-state index contributed by atoms with van der Waals surface area (Å²) in [5, 5.41) is 8.59. The molecule has 0 rings (SSSR count). The van der Waals surface area contributed by atoms with Crippen LogP contribution in [0, 0.1) is 17.3 Å². The molecule has 0 saturated carbocycles. The van der Waals surface area contributed by atoms with Crippen LogP contribution in [0.15, 0.2) is 0 Å². The van der Waals surface area contributed by atoms with Crippen molar-refractivity contribution in [1.82, 2.24) is 0 Å². The lowest BCUT2D eigenvalue weighted by Crippen LogP contribution is -2.42. The highest BCUT2D eigenvalue weighted by molar-refractivity contribution is 5.71. The van der Waals surface area contributed by atoms with E-state index < -0.39 is 11.4 Å². The van der Waals surface area contributed by atoms with Crippen molar-refractivity contribution in [2.45, 2.75) is 73.3 Å². The number of carbonyl (C=O) groups is 3. The van der Waals surface area contributed by atoms with Gasteiger partial charge in [-0.15, -0.1) is 0 Å². The number of hydrogen-bond donors (Lipinski definition) is 1. The number of esters is 2. The van der Waals surface area contributed by atoms with Crippen molar-refractivity contribution < 1.29 is 29.0 Å². The molecule has 6 nitrogen and oxygen atoms in total. The first-order valence-electron chi connectivity index (χ1n) is 8.55. The zero-order chi connectivity index (χ0) is 18.9. The second-order valence-electron chi connectivity index (χ2n) is 7.51. The molecule has 0 aliphatic rings. The van der Waals surface area contributed by atoms with Crippen LogP contribution >= 0.6 is 0 Å². The fraction of sp³-hybridized carbons (Fsp3) is 0.833. The molecule has 0 aromatic rings. The van der Waals surface area contributed by atoms with Crippen LogP contribution in [0.2, 0.25) is 0 Å². The van der Waals surface area contributed by atoms with Gasteiger partial charge in [0.2, 0.25) is 0 Å². The predicted molar refractivity (Wildman–Crippen MR) is 90.4 cm³/mol. The summed E-state index contributed by atoms with van der Waals surface area (Å²) in [4.78, 5) is 34.1. The van der Waals surface area contributed by atoms with Gasteiger partial charge in [0, 0.05) is 18.3 Å². The van der Waals surface area contributed by atoms with Crippen LogP contribution in [-0.2, 0) is 23.9 Å². The Bertz CT molecular complexity index is 425. The Labute approximate surface area is 144 Å². The average Bonchev–Trinajstić information content (AvgIpc) is 2.46. The van der Waals surface area contributed by atoms with Gasteiger partial charge in [0.05, 0.1) is 12.5 Å². The van der Waals surface area contributed by atoms with Gasteiger partial charge in [-0.25, -0.2) is 0 Å². The van der Waals surface area contributed by atoms with Gasteiger partial charge < -0.3 is 14.6 Å². The van der Waals surface area contributed by atoms with Crippen LogP contribution in [0.5, 0.6) is 0 Å². The number of unbranched alkanes of at least 4 members (excludes halogenated alkanes) is 1. The Kier molecular flexibility index (Phi) is 9.63. The van der Waals surface area contributed by atoms with E-state index in [-0.39, 0.29) is 49.3 Å². The fourth-order valence-electron chi connectivity index (χ4n) is 2.45. The second-order valence-corrected chi connectivity index (χ2v) is 7.51. The highest BCUT2D eigenvalue weighted by atomic mass is 16.6. The van der Waals surface area contributed by atoms with E-state index >= 15 is 0 Å². The first kappa shape index (κ1) is 22.4. The number of carbonyl (C=O) groups excluding carboxylic acids is 2. The van der Waals surface area contributed by atoms with Gasteiger partial charge in [-0.05, 0) is 18.8 Å². The summed E-state index contributed by atoms with van der Waals surface area (Å²) in [6.45, 7) is 11.4. The minimum Gasteiger partial charge on any atom is -0.481 e. The Morgan fingerprint density at radius 1 is 1.00 bits per heavy atom. The molecular formula is C18H32O6. The average molecular weight is 344 g/mol. The lowest BCUT2D eigenvalue weighted by molar-refractivity contribution is -0.167. The van der Waals surface area contributed by atoms with E-state index in [9.17, 15) is 14.4 Å². The quantitative estimate of drug-likeness (QED) is 0.456. The Morgan fingerprint density at radius 3 is 2.00 bits per heavy atom. The Morgan fingerprint density at radius 2 is 1.54 bits per heavy atom. The maximum absolute atomic E-state index is 12.0. The van der Waals surface area contributed by atoms with Crippen molar-refractivity contribution in [3.8, 4) is 0 Å². The molecule has 0 bridgehead atoms. The molecule has 0 aromatic heterocycles. The number of hydrogen-bond acceptors (Lipinski definition) is 5. The van der Waals surface area contributed by atoms with E-state index in [4.69, 9.17) is 14.6 Å². The van der Waals surface area contributed by atoms with E-state index in [2.05, 4.69) is 0 Å². The molecule has 0 amide bonds. The van der Waals surface area contributed by atoms with E-state index in [1.54, 1.807) is 13.8 Å². The van der Waals surface area contributed by atoms with Gasteiger partial charge in [0.25, 0.3) is 0 Å². The van der Waals surface area contributed by atoms with Gasteiger partial charge in [-0.2, -0.15) is 0 Å². The maximum atomic E-state index is 12.0. The third kappa shape index (κ3) is 8.89. The summed E-state index contributed by atoms with van der Waals surface area (Å²) in [6, 6.07) is 0. The molecule has 24 heavy (non-hydrogen) atoms. The number of rotatable bonds is 11. The van der Waals surface area contributed by atoms with Crippen molar-refractivity contribution in [2.24, 2.45) is 17.3 Å². The second kappa shape index (κ2) is 10.3. The molecule has 1 unspecified atom stereocenters. The van der Waals surface area contributed by atoms with Crippen LogP contribution in [0.25, 0.3) is 0 Å². The summed E-state index contributed by atoms with van der Waals surface area (Å²) in [7, 11) is 0. The van der Waals surface area contributed by atoms with Crippen LogP contribution in [0.3, 0.4) is 0 Å². The van der Waals surface area contributed by atoms with Crippen LogP contribution < -0.4 is 0 Å². The molecule has 0 aliphatic carbocycles. The van der Waals surface area contributed by atoms with Crippen molar-refractivity contribution in [3.63, 3.8) is 0 Å². The van der Waals surface area contributed by atoms with Gasteiger partial charge in [-0.1, -0.05) is 41.5 Å². The van der Waals surface area contributed by atoms with Gasteiger partial charge in [0.15, 0.2) is 0 Å². The number of ether oxygens (including phenoxy) is 2. The predicted octanol–water partition coefficient (Wildman–Crippen LogP) is 3.42. The van der Waals surface area contributed by atoms with Crippen LogP contribution in [-0.4, -0.2) is 35.7 Å². The van der Waals surface area contributed by atoms with Gasteiger partial charge in [0.1, 0.15) is 6.10 Å². The Balaban J connectivity index is 4.57. The molecule has 140 valence electrons. The minimum absolute atomic E-state index is 0.0531. The van der Waals surface area contributed by atoms with Crippen LogP contribution in [0.1, 0.15) is 67.2 Å². The lowest BCUT2D eigenvalue weighted by Gasteiger charge is -2.36. The van der Waals surface area contributed by atoms with E-state index in [1.165, 1.54) is 0 Å². The number of carboxylic acids is 1. The number of aliphatic carboxylic acids is 1. The summed E-state index contributed by atoms with van der Waals surface area (Å²) in [5.41, 5.74) is -0.505. The molecule has 0 aromatic carbocycles. The van der Waals surface area contributed by atoms with Crippen LogP contribution in [0.4, 0.5) is 0 Å². The molecular weight excluding hydrogens is 312 g/mol. The first-order chi connectivity index (χ1) is 11.0. The van der Waals surface area contributed by atoms with Gasteiger partial charge in [-0.3, -0.25) is 14.4 Å². The monoisotopic (exact) mass is 344 g/mol. The topological polar surface area (TPSA) is 89.9 Å². The summed E-state index contributed by atoms with van der Waals surface area (Å²) < 4.78 is 10.9. The maximum Gasteiger partial charge on any atom is 0.308 e. The largest absolute Gasteiger partial charge is 0.481 e. The third-order valence-corrected chi connectivity index (χ3v) is 3.71. The molecule has 0 saturated heterocycles. The third-order valence-electron chi connectivity index (χ3n) is 3.71. The molecule has 1 N–H and O–H groups in total. The smallest absolute Gasteiger partial charge is 0.308 e. The number of carboxylic acid groups (broad SMARTS) is 1. The van der Waals surface area contributed by atoms with E-state index in [0.29, 0.717) is 12.8 Å². The van der Waals surface area contributed by atoms with E-state index in [0.717, 1.165) is 0 Å². The Hall–Kier alpha value is -1.59. The zero-order valence-electron chi connectivity index (χ0n) is 15.8. The first-order valence-corrected chi connectivity index (χ1v) is 8.55. The van der Waals surface area contributed by atoms with Crippen molar-refractivity contribution in [3.05, 3.63) is 0 Å². The van der Waals surface area contributed by atoms with Crippen molar-refractivity contribution in [2.75, 3.05) is 6.61 Å². The zero-order valence-corrected chi connectivity index (χ0v) is 15.8. The summed E-state index contributed by atoms with van der Waals surface area (Å²) >= 11 is 0. The highest BCUT2D eigenvalue weighted by Gasteiger charge is 2.36. The molecule has 0 aliphatic heterocycles. The molecule has 0 heterocycles. The van der Waals surface area contributed by atoms with Gasteiger partial charge >= 0.3 is 17.9 Å². The molecule has 0 fully saturated rings. The van der Waals surface area contributed by atoms with Crippen molar-refractivity contribution in [1.29, 1.82) is 0 Å². The summed E-state index contributed by atoms with van der Waals surface area (Å²) in [5.74, 6) is -1.61. The molecule has 0 spiro atoms.